The molecule has 0 aliphatic carbocycles. The van der Waals surface area contributed by atoms with E-state index >= 15 is 0 Å². The van der Waals surface area contributed by atoms with Crippen LogP contribution in [0.2, 0.25) is 0 Å². The Morgan fingerprint density at radius 1 is 0.909 bits per heavy atom. The second kappa shape index (κ2) is 9.68. The molecule has 1 aromatic carbocycles. The molecule has 4 rings (SSSR count). The molecule has 1 aliphatic rings. The van der Waals surface area contributed by atoms with E-state index in [9.17, 15) is 9.59 Å². The molecule has 0 radical (unpaired) electrons. The highest BCUT2D eigenvalue weighted by Gasteiger charge is 2.48. The average molecular weight is 487 g/mol. The number of benzene rings is 1. The van der Waals surface area contributed by atoms with Gasteiger partial charge in [-0.25, -0.2) is 4.79 Å². The Morgan fingerprint density at radius 2 is 1.70 bits per heavy atom. The first kappa shape index (κ1) is 22.9. The molecule has 2 aromatic heterocycles. The molecule has 3 aromatic rings. The summed E-state index contributed by atoms with van der Waals surface area (Å²) >= 11 is 3.13. The molecule has 0 fully saturated rings. The van der Waals surface area contributed by atoms with Crippen molar-refractivity contribution in [3.05, 3.63) is 63.9 Å². The van der Waals surface area contributed by atoms with E-state index in [4.69, 9.17) is 23.7 Å². The Kier molecular flexibility index (Phi) is 6.71. The maximum Gasteiger partial charge on any atom is 0.338 e. The van der Waals surface area contributed by atoms with Crippen LogP contribution in [0.25, 0.3) is 15.5 Å². The summed E-state index contributed by atoms with van der Waals surface area (Å²) in [5.41, 5.74) is 0.659. The van der Waals surface area contributed by atoms with Crippen molar-refractivity contribution in [1.29, 1.82) is 0 Å². The van der Waals surface area contributed by atoms with Crippen molar-refractivity contribution in [2.24, 2.45) is 5.92 Å². The molecular weight excluding hydrogens is 464 g/mol. The van der Waals surface area contributed by atoms with Crippen LogP contribution in [-0.4, -0.2) is 40.4 Å². The molecule has 9 heteroatoms. The SMILES string of the molecule is COC(=O)C1=C(c2ccc(OC)c(OC)c2)O[C@@H](c2ccc(-c3cccs3)s2)[C@@H]1C(=O)OC. The fourth-order valence-corrected chi connectivity index (χ4v) is 5.64. The van der Waals surface area contributed by atoms with Crippen LogP contribution in [0.1, 0.15) is 16.5 Å². The molecule has 2 atom stereocenters. The highest BCUT2D eigenvalue weighted by Crippen LogP contribution is 2.49. The first-order chi connectivity index (χ1) is 16.0. The van der Waals surface area contributed by atoms with Crippen molar-refractivity contribution >= 4 is 40.4 Å². The Morgan fingerprint density at radius 3 is 2.33 bits per heavy atom. The van der Waals surface area contributed by atoms with Crippen LogP contribution in [-0.2, 0) is 23.8 Å². The van der Waals surface area contributed by atoms with Crippen LogP contribution in [0.15, 0.2) is 53.4 Å². The van der Waals surface area contributed by atoms with E-state index in [1.807, 2.05) is 29.6 Å². The van der Waals surface area contributed by atoms with Gasteiger partial charge in [-0.1, -0.05) is 6.07 Å². The summed E-state index contributed by atoms with van der Waals surface area (Å²) < 4.78 is 27.1. The molecular formula is C24H22O7S2. The predicted octanol–water partition coefficient (Wildman–Crippen LogP) is 4.94. The Bertz CT molecular complexity index is 1190. The Balaban J connectivity index is 1.82. The molecule has 33 heavy (non-hydrogen) atoms. The molecule has 1 aliphatic heterocycles. The van der Waals surface area contributed by atoms with Gasteiger partial charge in [0.25, 0.3) is 0 Å². The average Bonchev–Trinajstić information content (AvgIpc) is 3.61. The van der Waals surface area contributed by atoms with Gasteiger partial charge in [0, 0.05) is 20.2 Å². The standard InChI is InChI=1S/C24H22O7S2/c1-27-14-8-7-13(12-15(14)28-2)21-19(23(25)29-3)20(24(26)30-4)22(31-21)18-10-9-17(33-18)16-6-5-11-32-16/h5-12,20,22H,1-4H3/t20-,22+/m1/s1. The summed E-state index contributed by atoms with van der Waals surface area (Å²) in [6.07, 6.45) is -0.742. The van der Waals surface area contributed by atoms with Gasteiger partial charge >= 0.3 is 11.9 Å². The van der Waals surface area contributed by atoms with Crippen LogP contribution in [0.5, 0.6) is 11.5 Å². The van der Waals surface area contributed by atoms with Gasteiger partial charge < -0.3 is 23.7 Å². The fraction of sp³-hybridized carbons (Fsp3) is 0.250. The topological polar surface area (TPSA) is 80.3 Å². The van der Waals surface area contributed by atoms with E-state index in [1.165, 1.54) is 39.8 Å². The molecule has 0 saturated carbocycles. The normalized spacial score (nSPS) is 17.5. The molecule has 0 amide bonds. The maximum absolute atomic E-state index is 12.9. The molecule has 0 unspecified atom stereocenters. The van der Waals surface area contributed by atoms with Crippen LogP contribution < -0.4 is 9.47 Å². The van der Waals surface area contributed by atoms with Gasteiger partial charge in [0.05, 0.1) is 34.0 Å². The molecule has 0 N–H and O–H groups in total. The van der Waals surface area contributed by atoms with Crippen molar-refractivity contribution in [3.8, 4) is 21.3 Å². The zero-order valence-corrected chi connectivity index (χ0v) is 20.1. The number of carbonyl (C=O) groups excluding carboxylic acids is 2. The first-order valence-electron chi connectivity index (χ1n) is 9.95. The van der Waals surface area contributed by atoms with Crippen molar-refractivity contribution in [2.75, 3.05) is 28.4 Å². The Hall–Kier alpha value is -3.30. The molecule has 0 saturated heterocycles. The minimum absolute atomic E-state index is 0.104. The van der Waals surface area contributed by atoms with Crippen LogP contribution in [0, 0.1) is 5.92 Å². The van der Waals surface area contributed by atoms with Crippen molar-refractivity contribution in [3.63, 3.8) is 0 Å². The zero-order valence-electron chi connectivity index (χ0n) is 18.4. The number of esters is 2. The lowest BCUT2D eigenvalue weighted by atomic mass is 9.92. The van der Waals surface area contributed by atoms with Gasteiger partial charge in [-0.15, -0.1) is 22.7 Å². The molecule has 0 bridgehead atoms. The van der Waals surface area contributed by atoms with Crippen LogP contribution in [0.4, 0.5) is 0 Å². The highest BCUT2D eigenvalue weighted by molar-refractivity contribution is 7.21. The monoisotopic (exact) mass is 486 g/mol. The third kappa shape index (κ3) is 4.21. The molecule has 7 nitrogen and oxygen atoms in total. The smallest absolute Gasteiger partial charge is 0.338 e. The van der Waals surface area contributed by atoms with Gasteiger partial charge in [-0.2, -0.15) is 0 Å². The van der Waals surface area contributed by atoms with E-state index in [-0.39, 0.29) is 11.3 Å². The van der Waals surface area contributed by atoms with E-state index in [0.717, 1.165) is 14.6 Å². The summed E-state index contributed by atoms with van der Waals surface area (Å²) in [5, 5.41) is 2.00. The summed E-state index contributed by atoms with van der Waals surface area (Å²) in [6, 6.07) is 13.0. The number of carbonyl (C=O) groups is 2. The van der Waals surface area contributed by atoms with Gasteiger partial charge in [-0.3, -0.25) is 4.79 Å². The zero-order chi connectivity index (χ0) is 23.5. The molecule has 3 heterocycles. The van der Waals surface area contributed by atoms with Gasteiger partial charge in [0.1, 0.15) is 11.7 Å². The number of methoxy groups -OCH3 is 4. The quantitative estimate of drug-likeness (QED) is 0.438. The number of rotatable bonds is 7. The first-order valence-corrected chi connectivity index (χ1v) is 11.6. The van der Waals surface area contributed by atoms with Crippen molar-refractivity contribution in [1.82, 2.24) is 0 Å². The minimum Gasteiger partial charge on any atom is -0.493 e. The van der Waals surface area contributed by atoms with Gasteiger partial charge in [-0.05, 0) is 41.8 Å². The second-order valence-electron chi connectivity index (χ2n) is 7.02. The lowest BCUT2D eigenvalue weighted by Crippen LogP contribution is -2.26. The number of ether oxygens (including phenoxy) is 5. The lowest BCUT2D eigenvalue weighted by Gasteiger charge is -2.17. The predicted molar refractivity (Wildman–Crippen MR) is 125 cm³/mol. The molecule has 0 spiro atoms. The number of hydrogen-bond acceptors (Lipinski definition) is 9. The van der Waals surface area contributed by atoms with Crippen molar-refractivity contribution < 1.29 is 33.3 Å². The highest BCUT2D eigenvalue weighted by atomic mass is 32.1. The largest absolute Gasteiger partial charge is 0.493 e. The van der Waals surface area contributed by atoms with E-state index in [0.29, 0.717) is 17.1 Å². The summed E-state index contributed by atoms with van der Waals surface area (Å²) in [6.45, 7) is 0. The third-order valence-corrected chi connectivity index (χ3v) is 7.49. The van der Waals surface area contributed by atoms with Gasteiger partial charge in [0.15, 0.2) is 17.6 Å². The summed E-state index contributed by atoms with van der Waals surface area (Å²) in [5.74, 6) is -0.992. The van der Waals surface area contributed by atoms with Gasteiger partial charge in [0.2, 0.25) is 0 Å². The Labute approximate surface area is 199 Å². The van der Waals surface area contributed by atoms with E-state index in [2.05, 4.69) is 0 Å². The molecule has 172 valence electrons. The van der Waals surface area contributed by atoms with Crippen LogP contribution in [0.3, 0.4) is 0 Å². The lowest BCUT2D eigenvalue weighted by molar-refractivity contribution is -0.149. The second-order valence-corrected chi connectivity index (χ2v) is 9.09. The van der Waals surface area contributed by atoms with E-state index < -0.39 is 24.0 Å². The maximum atomic E-state index is 12.9. The summed E-state index contributed by atoms with van der Waals surface area (Å²) in [4.78, 5) is 28.7. The van der Waals surface area contributed by atoms with E-state index in [1.54, 1.807) is 29.5 Å². The number of thiophene rings is 2. The summed E-state index contributed by atoms with van der Waals surface area (Å²) in [7, 11) is 5.61. The van der Waals surface area contributed by atoms with Crippen molar-refractivity contribution in [2.45, 2.75) is 6.10 Å². The fourth-order valence-electron chi connectivity index (χ4n) is 3.73. The minimum atomic E-state index is -0.986. The van der Waals surface area contributed by atoms with Crippen LogP contribution >= 0.6 is 22.7 Å². The third-order valence-electron chi connectivity index (χ3n) is 5.28. The number of hydrogen-bond donors (Lipinski definition) is 0.